The van der Waals surface area contributed by atoms with Crippen molar-refractivity contribution in [3.63, 3.8) is 0 Å². The molecule has 0 fully saturated rings. The Labute approximate surface area is 323 Å². The average molecular weight is 772 g/mol. The molecule has 0 amide bonds. The van der Waals surface area contributed by atoms with Crippen LogP contribution in [0.5, 0.6) is 0 Å². The number of unbranched alkanes of at least 4 members (excludes halogenated alkanes) is 14. The Hall–Kier alpha value is -2.63. The van der Waals surface area contributed by atoms with Crippen LogP contribution in [0.4, 0.5) is 0 Å². The van der Waals surface area contributed by atoms with E-state index in [9.17, 15) is 13.2 Å². The zero-order chi connectivity index (χ0) is 37.2. The van der Waals surface area contributed by atoms with Crippen molar-refractivity contribution >= 4 is 48.2 Å². The lowest BCUT2D eigenvalue weighted by Gasteiger charge is -2.29. The van der Waals surface area contributed by atoms with Crippen LogP contribution in [0, 0.1) is 6.92 Å². The fourth-order valence-corrected chi connectivity index (χ4v) is 7.12. The Bertz CT molecular complexity index is 1470. The van der Waals surface area contributed by atoms with Crippen molar-refractivity contribution in [2.75, 3.05) is 0 Å². The zero-order valence-electron chi connectivity index (χ0n) is 30.6. The molecular weight excluding hydrogens is 715 g/mol. The molecule has 0 radical (unpaired) electrons. The van der Waals surface area contributed by atoms with Crippen molar-refractivity contribution in [1.82, 2.24) is 0 Å². The minimum atomic E-state index is -3.55. The fourth-order valence-electron chi connectivity index (χ4n) is 5.84. The second-order valence-corrected chi connectivity index (χ2v) is 16.6. The van der Waals surface area contributed by atoms with E-state index < -0.39 is 13.9 Å². The lowest BCUT2D eigenvalue weighted by Crippen LogP contribution is -2.22. The Morgan fingerprint density at radius 1 is 0.529 bits per heavy atom. The first kappa shape index (κ1) is 44.5. The van der Waals surface area contributed by atoms with E-state index in [-0.39, 0.29) is 10.1 Å². The summed E-state index contributed by atoms with van der Waals surface area (Å²) >= 11 is 12.4. The third-order valence-electron chi connectivity index (χ3n) is 8.79. The van der Waals surface area contributed by atoms with Gasteiger partial charge in [-0.15, -0.1) is 11.6 Å². The molecule has 0 aliphatic heterocycles. The molecule has 0 heterocycles. The highest BCUT2D eigenvalue weighted by Crippen LogP contribution is 2.42. The Morgan fingerprint density at radius 2 is 0.843 bits per heavy atom. The zero-order valence-corrected chi connectivity index (χ0v) is 33.6. The van der Waals surface area contributed by atoms with E-state index in [0.717, 1.165) is 35.1 Å². The van der Waals surface area contributed by atoms with Crippen molar-refractivity contribution in [3.05, 3.63) is 138 Å². The van der Waals surface area contributed by atoms with Gasteiger partial charge in [-0.25, -0.2) is 8.42 Å². The molecule has 51 heavy (non-hydrogen) atoms. The van der Waals surface area contributed by atoms with E-state index in [1.54, 1.807) is 12.1 Å². The predicted molar refractivity (Wildman–Crippen MR) is 220 cm³/mol. The Kier molecular flexibility index (Phi) is 22.9. The third kappa shape index (κ3) is 18.6. The average Bonchev–Trinajstić information content (AvgIpc) is 3.14. The molecule has 7 heteroatoms. The molecule has 0 unspecified atom stereocenters. The van der Waals surface area contributed by atoms with E-state index in [1.807, 2.05) is 61.5 Å². The minimum absolute atomic E-state index is 0.143. The van der Waals surface area contributed by atoms with Crippen LogP contribution in [0.3, 0.4) is 0 Å². The second kappa shape index (κ2) is 26.2. The van der Waals surface area contributed by atoms with Crippen molar-refractivity contribution in [3.8, 4) is 0 Å². The van der Waals surface area contributed by atoms with Crippen LogP contribution >= 0.6 is 33.9 Å². The van der Waals surface area contributed by atoms with Crippen molar-refractivity contribution < 1.29 is 13.2 Å². The Balaban J connectivity index is 0.000000277. The summed E-state index contributed by atoms with van der Waals surface area (Å²) < 4.78 is 21.4. The third-order valence-corrected chi connectivity index (χ3v) is 11.0. The molecule has 0 aromatic heterocycles. The molecule has 4 aromatic carbocycles. The van der Waals surface area contributed by atoms with Crippen LogP contribution < -0.4 is 0 Å². The van der Waals surface area contributed by atoms with Gasteiger partial charge < -0.3 is 0 Å². The van der Waals surface area contributed by atoms with Gasteiger partial charge in [-0.2, -0.15) is 0 Å². The largest absolute Gasteiger partial charge is 0.281 e. The number of hydrogen-bond acceptors (Lipinski definition) is 3. The number of halogens is 3. The summed E-state index contributed by atoms with van der Waals surface area (Å²) in [5.41, 5.74) is 4.26. The molecule has 0 saturated carbocycles. The number of alkyl halides is 1. The molecule has 4 aromatic rings. The van der Waals surface area contributed by atoms with Gasteiger partial charge in [0, 0.05) is 17.1 Å². The smallest absolute Gasteiger partial charge is 0.261 e. The van der Waals surface area contributed by atoms with E-state index in [2.05, 4.69) is 43.3 Å². The van der Waals surface area contributed by atoms with Gasteiger partial charge in [0.1, 0.15) is 4.87 Å². The summed E-state index contributed by atoms with van der Waals surface area (Å²) in [6.45, 7) is 4.15. The van der Waals surface area contributed by atoms with E-state index in [0.29, 0.717) is 6.42 Å². The lowest BCUT2D eigenvalue weighted by molar-refractivity contribution is -0.111. The van der Waals surface area contributed by atoms with Gasteiger partial charge in [0.25, 0.3) is 9.05 Å². The summed E-state index contributed by atoms with van der Waals surface area (Å²) in [4.78, 5) is 10.0. The minimum Gasteiger partial charge on any atom is -0.281 e. The molecule has 3 nitrogen and oxygen atoms in total. The van der Waals surface area contributed by atoms with Gasteiger partial charge in [0.2, 0.25) is 5.24 Å². The number of carbonyl (C=O) groups is 1. The van der Waals surface area contributed by atoms with Crippen LogP contribution in [0.2, 0.25) is 0 Å². The summed E-state index contributed by atoms with van der Waals surface area (Å²) in [5.74, 6) is 0. The van der Waals surface area contributed by atoms with Crippen LogP contribution in [-0.2, 0) is 18.7 Å². The van der Waals surface area contributed by atoms with Crippen LogP contribution in [0.1, 0.15) is 132 Å². The van der Waals surface area contributed by atoms with Gasteiger partial charge >= 0.3 is 0 Å². The maximum Gasteiger partial charge on any atom is 0.261 e. The molecule has 0 spiro atoms. The maximum absolute atomic E-state index is 10.7. The molecule has 0 aliphatic carbocycles. The molecule has 0 N–H and O–H groups in total. The van der Waals surface area contributed by atoms with Crippen molar-refractivity contribution in [2.24, 2.45) is 0 Å². The van der Waals surface area contributed by atoms with Crippen molar-refractivity contribution in [2.45, 2.75) is 126 Å². The van der Waals surface area contributed by atoms with E-state index >= 15 is 0 Å². The van der Waals surface area contributed by atoms with Gasteiger partial charge in [0.15, 0.2) is 0 Å². The summed E-state index contributed by atoms with van der Waals surface area (Å²) in [7, 11) is 1.54. The molecule has 0 aliphatic rings. The first-order chi connectivity index (χ1) is 24.6. The SMILES string of the molecule is CCCCCCCCCCCCCCCCCC(=O)Cl.Cc1ccc(S(=O)(=O)Cl)cc1.ClC(c1ccccc1)(c1ccccc1)c1ccccc1. The number of benzene rings is 4. The fraction of sp³-hybridized carbons (Fsp3) is 0.432. The standard InChI is InChI=1S/C19H15Cl.C18H35ClO.C7H7ClO2S/c20-19(16-10-4-1-5-11-16,17-12-6-2-7-13-17)18-14-8-3-9-15-18;1-2-3-4-5-6-7-8-9-10-11-12-13-14-15-16-17-18(19)20;1-6-2-4-7(5-3-6)11(8,9)10/h1-15H;2-17H2,1H3;2-5H,1H3. The Morgan fingerprint density at radius 3 is 1.14 bits per heavy atom. The molecular formula is C44H57Cl3O3S. The van der Waals surface area contributed by atoms with Gasteiger partial charge in [-0.05, 0) is 53.8 Å². The highest BCUT2D eigenvalue weighted by molar-refractivity contribution is 8.13. The molecule has 4 rings (SSSR count). The predicted octanol–water partition coefficient (Wildman–Crippen LogP) is 14.2. The molecule has 0 bridgehead atoms. The maximum atomic E-state index is 10.7. The van der Waals surface area contributed by atoms with Gasteiger partial charge in [-0.3, -0.25) is 4.79 Å². The lowest BCUT2D eigenvalue weighted by atomic mass is 9.84. The normalized spacial score (nSPS) is 11.2. The highest BCUT2D eigenvalue weighted by atomic mass is 35.7. The number of aryl methyl sites for hydroxylation is 1. The quantitative estimate of drug-likeness (QED) is 0.0389. The summed E-state index contributed by atoms with van der Waals surface area (Å²) in [6.07, 6.45) is 20.8. The molecule has 0 saturated heterocycles. The van der Waals surface area contributed by atoms with E-state index in [1.165, 1.54) is 95.6 Å². The first-order valence-corrected chi connectivity index (χ1v) is 21.7. The van der Waals surface area contributed by atoms with Crippen LogP contribution in [-0.4, -0.2) is 13.7 Å². The van der Waals surface area contributed by atoms with Gasteiger partial charge in [0.05, 0.1) is 4.90 Å². The monoisotopic (exact) mass is 770 g/mol. The molecule has 278 valence electrons. The number of rotatable bonds is 20. The number of hydrogen-bond donors (Lipinski definition) is 0. The van der Waals surface area contributed by atoms with Crippen molar-refractivity contribution in [1.29, 1.82) is 0 Å². The highest BCUT2D eigenvalue weighted by Gasteiger charge is 2.33. The molecule has 0 atom stereocenters. The number of carbonyl (C=O) groups excluding carboxylic acids is 1. The van der Waals surface area contributed by atoms with Gasteiger partial charge in [-0.1, -0.05) is 206 Å². The summed E-state index contributed by atoms with van der Waals surface area (Å²) in [6, 6.07) is 37.0. The van der Waals surface area contributed by atoms with E-state index in [4.69, 9.17) is 33.9 Å². The second-order valence-electron chi connectivity index (χ2n) is 13.1. The summed E-state index contributed by atoms with van der Waals surface area (Å²) in [5, 5.41) is -0.181. The first-order valence-electron chi connectivity index (χ1n) is 18.6. The van der Waals surface area contributed by atoms with Crippen LogP contribution in [0.25, 0.3) is 0 Å². The topological polar surface area (TPSA) is 51.2 Å². The van der Waals surface area contributed by atoms with Crippen LogP contribution in [0.15, 0.2) is 120 Å².